The fourth-order valence-corrected chi connectivity index (χ4v) is 2.08. The summed E-state index contributed by atoms with van der Waals surface area (Å²) in [4.78, 5) is 0. The van der Waals surface area contributed by atoms with E-state index in [4.69, 9.17) is 10.00 Å². The van der Waals surface area contributed by atoms with E-state index in [0.717, 1.165) is 17.7 Å². The van der Waals surface area contributed by atoms with E-state index < -0.39 is 0 Å². The van der Waals surface area contributed by atoms with Gasteiger partial charge in [-0.3, -0.25) is 0 Å². The first-order valence-corrected chi connectivity index (χ1v) is 6.84. The van der Waals surface area contributed by atoms with Gasteiger partial charge in [-0.25, -0.2) is 4.39 Å². The van der Waals surface area contributed by atoms with Gasteiger partial charge >= 0.3 is 0 Å². The second-order valence-corrected chi connectivity index (χ2v) is 4.63. The molecule has 0 saturated heterocycles. The van der Waals surface area contributed by atoms with Gasteiger partial charge in [0.05, 0.1) is 6.04 Å². The molecular formula is C17H17FN2O. The number of nitriles is 1. The summed E-state index contributed by atoms with van der Waals surface area (Å²) in [6, 6.07) is 16.0. The van der Waals surface area contributed by atoms with Crippen LogP contribution in [-0.2, 0) is 0 Å². The number of hydrogen-bond acceptors (Lipinski definition) is 3. The smallest absolute Gasteiger partial charge is 0.174 e. The second kappa shape index (κ2) is 7.30. The van der Waals surface area contributed by atoms with Crippen LogP contribution in [-0.4, -0.2) is 6.61 Å². The van der Waals surface area contributed by atoms with Gasteiger partial charge in [0.2, 0.25) is 0 Å². The molecule has 4 heteroatoms. The van der Waals surface area contributed by atoms with E-state index >= 15 is 0 Å². The van der Waals surface area contributed by atoms with E-state index in [1.807, 2.05) is 30.3 Å². The Balaban J connectivity index is 2.04. The largest absolute Gasteiger partial charge is 0.479 e. The van der Waals surface area contributed by atoms with Gasteiger partial charge in [-0.2, -0.15) is 5.26 Å². The molecule has 2 rings (SSSR count). The Morgan fingerprint density at radius 3 is 2.38 bits per heavy atom. The van der Waals surface area contributed by atoms with Crippen molar-refractivity contribution < 1.29 is 9.13 Å². The molecule has 0 aromatic heterocycles. The Hall–Kier alpha value is -2.54. The number of rotatable bonds is 6. The highest BCUT2D eigenvalue weighted by atomic mass is 19.1. The highest BCUT2D eigenvalue weighted by molar-refractivity contribution is 5.48. The van der Waals surface area contributed by atoms with E-state index in [1.54, 1.807) is 12.1 Å². The normalized spacial score (nSPS) is 11.5. The number of ether oxygens (including phenoxy) is 1. The van der Waals surface area contributed by atoms with Crippen LogP contribution < -0.4 is 10.1 Å². The average molecular weight is 284 g/mol. The summed E-state index contributed by atoms with van der Waals surface area (Å²) in [5, 5.41) is 11.9. The molecule has 1 unspecified atom stereocenters. The predicted octanol–water partition coefficient (Wildman–Crippen LogP) is 4.29. The fraction of sp³-hybridized carbons (Fsp3) is 0.235. The van der Waals surface area contributed by atoms with E-state index in [2.05, 4.69) is 12.2 Å². The molecule has 108 valence electrons. The van der Waals surface area contributed by atoms with E-state index in [0.29, 0.717) is 5.75 Å². The minimum absolute atomic E-state index is 0.0416. The highest BCUT2D eigenvalue weighted by Gasteiger charge is 2.09. The van der Waals surface area contributed by atoms with Gasteiger partial charge in [0.1, 0.15) is 17.6 Å². The topological polar surface area (TPSA) is 45.0 Å². The van der Waals surface area contributed by atoms with E-state index in [-0.39, 0.29) is 18.5 Å². The van der Waals surface area contributed by atoms with Crippen molar-refractivity contribution in [2.75, 3.05) is 11.9 Å². The standard InChI is InChI=1S/C17H17FN2O/c1-2-17(13-3-5-14(18)6-4-13)20-15-7-9-16(10-8-15)21-12-11-19/h3-10,17,20H,2,12H2,1H3. The first-order valence-electron chi connectivity index (χ1n) is 6.84. The summed E-state index contributed by atoms with van der Waals surface area (Å²) in [5.74, 6) is 0.435. The van der Waals surface area contributed by atoms with Crippen LogP contribution in [0.5, 0.6) is 5.75 Å². The van der Waals surface area contributed by atoms with Crippen LogP contribution in [0.25, 0.3) is 0 Å². The molecule has 0 heterocycles. The molecule has 0 saturated carbocycles. The zero-order valence-electron chi connectivity index (χ0n) is 11.8. The predicted molar refractivity (Wildman–Crippen MR) is 80.6 cm³/mol. The van der Waals surface area contributed by atoms with Gasteiger partial charge in [-0.05, 0) is 48.4 Å². The summed E-state index contributed by atoms with van der Waals surface area (Å²) in [5.41, 5.74) is 2.00. The van der Waals surface area contributed by atoms with E-state index in [1.165, 1.54) is 12.1 Å². The Kier molecular flexibility index (Phi) is 5.16. The van der Waals surface area contributed by atoms with Crippen LogP contribution in [0.2, 0.25) is 0 Å². The maximum atomic E-state index is 13.0. The third-order valence-corrected chi connectivity index (χ3v) is 3.18. The summed E-state index contributed by atoms with van der Waals surface area (Å²) in [7, 11) is 0. The Morgan fingerprint density at radius 2 is 1.81 bits per heavy atom. The number of anilines is 1. The fourth-order valence-electron chi connectivity index (χ4n) is 2.08. The molecule has 1 N–H and O–H groups in total. The molecule has 0 spiro atoms. The molecule has 0 aliphatic carbocycles. The van der Waals surface area contributed by atoms with Crippen LogP contribution in [0, 0.1) is 17.1 Å². The molecular weight excluding hydrogens is 267 g/mol. The van der Waals surface area contributed by atoms with E-state index in [9.17, 15) is 4.39 Å². The molecule has 0 fully saturated rings. The Labute approximate surface area is 124 Å². The zero-order valence-corrected chi connectivity index (χ0v) is 11.8. The molecule has 0 aliphatic heterocycles. The lowest BCUT2D eigenvalue weighted by atomic mass is 10.0. The van der Waals surface area contributed by atoms with Gasteiger partial charge in [0.15, 0.2) is 6.61 Å². The molecule has 0 aliphatic rings. The Morgan fingerprint density at radius 1 is 1.14 bits per heavy atom. The lowest BCUT2D eigenvalue weighted by molar-refractivity contribution is 0.368. The maximum Gasteiger partial charge on any atom is 0.174 e. The number of benzene rings is 2. The van der Waals surface area contributed by atoms with Gasteiger partial charge < -0.3 is 10.1 Å². The monoisotopic (exact) mass is 284 g/mol. The molecule has 21 heavy (non-hydrogen) atoms. The van der Waals surface area contributed by atoms with Crippen molar-refractivity contribution >= 4 is 5.69 Å². The first kappa shape index (κ1) is 14.9. The molecule has 0 amide bonds. The van der Waals surface area contributed by atoms with Crippen LogP contribution in [0.4, 0.5) is 10.1 Å². The van der Waals surface area contributed by atoms with Gasteiger partial charge in [0, 0.05) is 5.69 Å². The summed E-state index contributed by atoms with van der Waals surface area (Å²) in [6.45, 7) is 2.12. The zero-order chi connectivity index (χ0) is 15.1. The van der Waals surface area contributed by atoms with Crippen LogP contribution >= 0.6 is 0 Å². The molecule has 1 atom stereocenters. The molecule has 2 aromatic carbocycles. The van der Waals surface area contributed by atoms with Crippen molar-refractivity contribution in [1.82, 2.24) is 0 Å². The minimum atomic E-state index is -0.229. The van der Waals surface area contributed by atoms with Crippen molar-refractivity contribution in [3.05, 3.63) is 59.9 Å². The number of nitrogens with zero attached hydrogens (tertiary/aromatic N) is 1. The third-order valence-electron chi connectivity index (χ3n) is 3.18. The number of nitrogens with one attached hydrogen (secondary N) is 1. The minimum Gasteiger partial charge on any atom is -0.479 e. The second-order valence-electron chi connectivity index (χ2n) is 4.63. The van der Waals surface area contributed by atoms with Crippen LogP contribution in [0.3, 0.4) is 0 Å². The summed E-state index contributed by atoms with van der Waals surface area (Å²) >= 11 is 0. The molecule has 0 bridgehead atoms. The molecule has 3 nitrogen and oxygen atoms in total. The average Bonchev–Trinajstić information content (AvgIpc) is 2.53. The lowest BCUT2D eigenvalue weighted by Gasteiger charge is -2.19. The van der Waals surface area contributed by atoms with Gasteiger partial charge in [-0.1, -0.05) is 19.1 Å². The SMILES string of the molecule is CCC(Nc1ccc(OCC#N)cc1)c1ccc(F)cc1. The van der Waals surface area contributed by atoms with Gasteiger partial charge in [-0.15, -0.1) is 0 Å². The quantitative estimate of drug-likeness (QED) is 0.860. The van der Waals surface area contributed by atoms with Crippen molar-refractivity contribution in [1.29, 1.82) is 5.26 Å². The Bertz CT molecular complexity index is 602. The molecule has 2 aromatic rings. The van der Waals surface area contributed by atoms with Gasteiger partial charge in [0.25, 0.3) is 0 Å². The third kappa shape index (κ3) is 4.22. The van der Waals surface area contributed by atoms with Crippen LogP contribution in [0.1, 0.15) is 24.9 Å². The first-order chi connectivity index (χ1) is 10.2. The molecule has 0 radical (unpaired) electrons. The number of hydrogen-bond donors (Lipinski definition) is 1. The summed E-state index contributed by atoms with van der Waals surface area (Å²) < 4.78 is 18.2. The summed E-state index contributed by atoms with van der Waals surface area (Å²) in [6.07, 6.45) is 0.887. The van der Waals surface area contributed by atoms with Crippen molar-refractivity contribution in [2.24, 2.45) is 0 Å². The van der Waals surface area contributed by atoms with Crippen molar-refractivity contribution in [2.45, 2.75) is 19.4 Å². The maximum absolute atomic E-state index is 13.0. The van der Waals surface area contributed by atoms with Crippen LogP contribution in [0.15, 0.2) is 48.5 Å². The lowest BCUT2D eigenvalue weighted by Crippen LogP contribution is -2.09. The highest BCUT2D eigenvalue weighted by Crippen LogP contribution is 2.24. The number of halogens is 1. The van der Waals surface area contributed by atoms with Crippen molar-refractivity contribution in [3.63, 3.8) is 0 Å². The van der Waals surface area contributed by atoms with Crippen molar-refractivity contribution in [3.8, 4) is 11.8 Å².